The summed E-state index contributed by atoms with van der Waals surface area (Å²) in [5.74, 6) is 0. The van der Waals surface area contributed by atoms with Crippen LogP contribution in [-0.4, -0.2) is 15.4 Å². The minimum absolute atomic E-state index is 0.333. The average Bonchev–Trinajstić information content (AvgIpc) is 3.05. The number of nitrogens with one attached hydrogen (secondary N) is 2. The van der Waals surface area contributed by atoms with Crippen LogP contribution in [0.15, 0.2) is 73.1 Å². The van der Waals surface area contributed by atoms with Crippen molar-refractivity contribution in [2.24, 2.45) is 0 Å². The normalized spacial score (nSPS) is 10.7. The third kappa shape index (κ3) is 3.93. The zero-order valence-corrected chi connectivity index (χ0v) is 15.4. The zero-order chi connectivity index (χ0) is 18.8. The van der Waals surface area contributed by atoms with E-state index in [1.165, 1.54) is 0 Å². The Kier molecular flexibility index (Phi) is 4.52. The maximum atomic E-state index is 12.2. The molecule has 2 amide bonds. The molecule has 2 heterocycles. The van der Waals surface area contributed by atoms with Crippen molar-refractivity contribution >= 4 is 34.7 Å². The molecule has 0 bridgehead atoms. The number of amides is 2. The number of imidazole rings is 1. The molecule has 0 fully saturated rings. The molecule has 0 saturated heterocycles. The number of halogens is 1. The number of aromatic nitrogens is 2. The molecule has 6 heteroatoms. The Bertz CT molecular complexity index is 1140. The molecule has 134 valence electrons. The summed E-state index contributed by atoms with van der Waals surface area (Å²) in [5, 5.41) is 6.17. The monoisotopic (exact) mass is 376 g/mol. The third-order valence-corrected chi connectivity index (χ3v) is 4.35. The minimum Gasteiger partial charge on any atom is -0.308 e. The fraction of sp³-hybridized carbons (Fsp3) is 0.0476. The second kappa shape index (κ2) is 7.13. The molecule has 0 radical (unpaired) electrons. The van der Waals surface area contributed by atoms with Gasteiger partial charge in [-0.05, 0) is 55.0 Å². The van der Waals surface area contributed by atoms with Crippen molar-refractivity contribution in [2.75, 3.05) is 10.6 Å². The lowest BCUT2D eigenvalue weighted by Crippen LogP contribution is -2.19. The topological polar surface area (TPSA) is 58.4 Å². The number of fused-ring (bicyclic) bond motifs is 1. The summed E-state index contributed by atoms with van der Waals surface area (Å²) in [6, 6.07) is 18.3. The van der Waals surface area contributed by atoms with Crippen LogP contribution < -0.4 is 10.6 Å². The molecule has 0 unspecified atom stereocenters. The minimum atomic E-state index is -0.333. The maximum absolute atomic E-state index is 12.2. The Morgan fingerprint density at radius 1 is 1.00 bits per heavy atom. The van der Waals surface area contributed by atoms with Gasteiger partial charge < -0.3 is 15.0 Å². The number of aryl methyl sites for hydroxylation is 1. The predicted molar refractivity (Wildman–Crippen MR) is 109 cm³/mol. The molecule has 0 atom stereocenters. The number of benzene rings is 2. The van der Waals surface area contributed by atoms with Gasteiger partial charge in [-0.25, -0.2) is 9.78 Å². The van der Waals surface area contributed by atoms with Crippen molar-refractivity contribution in [3.63, 3.8) is 0 Å². The van der Waals surface area contributed by atoms with Crippen molar-refractivity contribution in [3.05, 3.63) is 83.6 Å². The van der Waals surface area contributed by atoms with Gasteiger partial charge >= 0.3 is 6.03 Å². The maximum Gasteiger partial charge on any atom is 0.323 e. The number of urea groups is 1. The Labute approximate surface area is 161 Å². The van der Waals surface area contributed by atoms with Crippen LogP contribution in [0.2, 0.25) is 5.02 Å². The smallest absolute Gasteiger partial charge is 0.308 e. The lowest BCUT2D eigenvalue weighted by atomic mass is 10.1. The first-order chi connectivity index (χ1) is 13.1. The second-order valence-corrected chi connectivity index (χ2v) is 6.70. The standard InChI is InChI=1S/C21H17ClN4O/c1-14-8-9-26-13-19(25-20(26)10-14)15-4-2-6-17(11-15)23-21(27)24-18-7-3-5-16(22)12-18/h2-13H,1H3,(H2,23,24,27). The number of hydrogen-bond acceptors (Lipinski definition) is 2. The van der Waals surface area contributed by atoms with Crippen LogP contribution in [0, 0.1) is 6.92 Å². The molecule has 2 aromatic carbocycles. The molecule has 0 saturated carbocycles. The summed E-state index contributed by atoms with van der Waals surface area (Å²) < 4.78 is 1.98. The molecule has 5 nitrogen and oxygen atoms in total. The first kappa shape index (κ1) is 17.1. The van der Waals surface area contributed by atoms with Crippen molar-refractivity contribution in [1.29, 1.82) is 0 Å². The fourth-order valence-corrected chi connectivity index (χ4v) is 3.03. The summed E-state index contributed by atoms with van der Waals surface area (Å²) in [4.78, 5) is 16.9. The van der Waals surface area contributed by atoms with E-state index in [0.717, 1.165) is 22.5 Å². The van der Waals surface area contributed by atoms with E-state index in [-0.39, 0.29) is 6.03 Å². The van der Waals surface area contributed by atoms with Crippen molar-refractivity contribution in [1.82, 2.24) is 9.38 Å². The van der Waals surface area contributed by atoms with Gasteiger partial charge in [0.2, 0.25) is 0 Å². The predicted octanol–water partition coefficient (Wildman–Crippen LogP) is 5.61. The molecule has 27 heavy (non-hydrogen) atoms. The van der Waals surface area contributed by atoms with E-state index >= 15 is 0 Å². The van der Waals surface area contributed by atoms with Crippen molar-refractivity contribution < 1.29 is 4.79 Å². The van der Waals surface area contributed by atoms with Gasteiger partial charge in [0.15, 0.2) is 0 Å². The Balaban J connectivity index is 1.53. The van der Waals surface area contributed by atoms with Crippen LogP contribution in [0.3, 0.4) is 0 Å². The molecular formula is C21H17ClN4O. The van der Waals surface area contributed by atoms with Crippen LogP contribution >= 0.6 is 11.6 Å². The summed E-state index contributed by atoms with van der Waals surface area (Å²) in [5.41, 5.74) is 5.14. The molecule has 0 aliphatic carbocycles. The van der Waals surface area contributed by atoms with E-state index in [2.05, 4.69) is 15.6 Å². The Morgan fingerprint density at radius 3 is 2.52 bits per heavy atom. The highest BCUT2D eigenvalue weighted by atomic mass is 35.5. The van der Waals surface area contributed by atoms with E-state index in [0.29, 0.717) is 16.4 Å². The van der Waals surface area contributed by atoms with Gasteiger partial charge in [0.05, 0.1) is 5.69 Å². The quantitative estimate of drug-likeness (QED) is 0.488. The third-order valence-electron chi connectivity index (χ3n) is 4.11. The summed E-state index contributed by atoms with van der Waals surface area (Å²) >= 11 is 5.94. The molecule has 4 aromatic rings. The largest absolute Gasteiger partial charge is 0.323 e. The van der Waals surface area contributed by atoms with Crippen LogP contribution in [0.5, 0.6) is 0 Å². The van der Waals surface area contributed by atoms with Gasteiger partial charge in [-0.1, -0.05) is 29.8 Å². The van der Waals surface area contributed by atoms with E-state index < -0.39 is 0 Å². The average molecular weight is 377 g/mol. The fourth-order valence-electron chi connectivity index (χ4n) is 2.84. The molecule has 2 aromatic heterocycles. The number of hydrogen-bond donors (Lipinski definition) is 2. The van der Waals surface area contributed by atoms with E-state index in [1.54, 1.807) is 24.3 Å². The SMILES string of the molecule is Cc1ccn2cc(-c3cccc(NC(=O)Nc4cccc(Cl)c4)c3)nc2c1. The van der Waals surface area contributed by atoms with Crippen molar-refractivity contribution in [2.45, 2.75) is 6.92 Å². The van der Waals surface area contributed by atoms with Crippen molar-refractivity contribution in [3.8, 4) is 11.3 Å². The summed E-state index contributed by atoms with van der Waals surface area (Å²) in [6.45, 7) is 2.04. The van der Waals surface area contributed by atoms with E-state index in [9.17, 15) is 4.79 Å². The summed E-state index contributed by atoms with van der Waals surface area (Å²) in [7, 11) is 0. The number of nitrogens with zero attached hydrogens (tertiary/aromatic N) is 2. The van der Waals surface area contributed by atoms with Gasteiger partial charge in [-0.3, -0.25) is 0 Å². The van der Waals surface area contributed by atoms with E-state index in [1.807, 2.05) is 60.1 Å². The van der Waals surface area contributed by atoms with Gasteiger partial charge in [-0.2, -0.15) is 0 Å². The molecule has 2 N–H and O–H groups in total. The summed E-state index contributed by atoms with van der Waals surface area (Å²) in [6.07, 6.45) is 3.96. The molecule has 0 aliphatic heterocycles. The highest BCUT2D eigenvalue weighted by molar-refractivity contribution is 6.30. The highest BCUT2D eigenvalue weighted by Gasteiger charge is 2.08. The van der Waals surface area contributed by atoms with Gasteiger partial charge in [0.25, 0.3) is 0 Å². The van der Waals surface area contributed by atoms with E-state index in [4.69, 9.17) is 11.6 Å². The molecule has 4 rings (SSSR count). The highest BCUT2D eigenvalue weighted by Crippen LogP contribution is 2.23. The number of anilines is 2. The molecule has 0 aliphatic rings. The van der Waals surface area contributed by atoms with Gasteiger partial charge in [0, 0.05) is 34.4 Å². The number of rotatable bonds is 3. The van der Waals surface area contributed by atoms with Crippen LogP contribution in [0.1, 0.15) is 5.56 Å². The van der Waals surface area contributed by atoms with Crippen LogP contribution in [-0.2, 0) is 0 Å². The Hall–Kier alpha value is -3.31. The van der Waals surface area contributed by atoms with Gasteiger partial charge in [-0.15, -0.1) is 0 Å². The van der Waals surface area contributed by atoms with Gasteiger partial charge in [0.1, 0.15) is 5.65 Å². The van der Waals surface area contributed by atoms with Crippen LogP contribution in [0.4, 0.5) is 16.2 Å². The number of pyridine rings is 1. The number of carbonyl (C=O) groups excluding carboxylic acids is 1. The number of carbonyl (C=O) groups is 1. The zero-order valence-electron chi connectivity index (χ0n) is 14.6. The first-order valence-electron chi connectivity index (χ1n) is 8.46. The first-order valence-corrected chi connectivity index (χ1v) is 8.84. The second-order valence-electron chi connectivity index (χ2n) is 6.27. The molecule has 0 spiro atoms. The van der Waals surface area contributed by atoms with Crippen LogP contribution in [0.25, 0.3) is 16.9 Å². The Morgan fingerprint density at radius 2 is 1.74 bits per heavy atom. The molecular weight excluding hydrogens is 360 g/mol. The lowest BCUT2D eigenvalue weighted by Gasteiger charge is -2.08. The lowest BCUT2D eigenvalue weighted by molar-refractivity contribution is 0.262.